The molecule has 7 N–H and O–H groups in total. The van der Waals surface area contributed by atoms with Crippen molar-refractivity contribution in [2.24, 2.45) is 23.0 Å². The molecule has 0 aromatic rings. The summed E-state index contributed by atoms with van der Waals surface area (Å²) in [5.41, 5.74) is 5.89. The smallest absolute Gasteiger partial charge is 0.245 e. The zero-order valence-electron chi connectivity index (χ0n) is 29.4. The molecule has 1 saturated heterocycles. The monoisotopic (exact) mass is 651 g/mol. The average molecular weight is 652 g/mol. The molecular formula is C33H61N7O6. The minimum absolute atomic E-state index is 0.0140. The normalized spacial score (nSPS) is 28.5. The second-order valence-corrected chi connectivity index (χ2v) is 14.8. The summed E-state index contributed by atoms with van der Waals surface area (Å²) in [7, 11) is 1.63. The third kappa shape index (κ3) is 11.8. The molecular weight excluding hydrogens is 590 g/mol. The maximum atomic E-state index is 14.0. The number of amides is 5. The lowest BCUT2D eigenvalue weighted by atomic mass is 9.83. The standard InChI is InChI=1S/C33H61N7O6/c1-20(2)18-25-29(43)38-27(23-12-10-9-11-13-23)31(45)36-24(19-34)28(42)37-26(22(4)41)30(44)35-15-17-40(16-14-33(5,6)7)21(3)32(46)39(25)8/h20-27,41H,9-19,34H2,1-8H3,(H,35,44)(H,36,45)(H,37,42)(H,38,43)/t21-,22-,24-,25-,26-,27?/m0/s1. The van der Waals surface area contributed by atoms with E-state index in [-0.39, 0.29) is 36.2 Å². The molecule has 1 aliphatic heterocycles. The molecule has 0 aromatic heterocycles. The van der Waals surface area contributed by atoms with E-state index >= 15 is 0 Å². The summed E-state index contributed by atoms with van der Waals surface area (Å²) in [6.45, 7) is 14.3. The predicted molar refractivity (Wildman–Crippen MR) is 177 cm³/mol. The minimum Gasteiger partial charge on any atom is -0.391 e. The lowest BCUT2D eigenvalue weighted by Gasteiger charge is -2.37. The first kappa shape index (κ1) is 39.4. The lowest BCUT2D eigenvalue weighted by Crippen LogP contribution is -2.63. The van der Waals surface area contributed by atoms with Crippen molar-refractivity contribution in [3.63, 3.8) is 0 Å². The van der Waals surface area contributed by atoms with Crippen LogP contribution in [-0.2, 0) is 24.0 Å². The molecule has 0 radical (unpaired) electrons. The van der Waals surface area contributed by atoms with Crippen LogP contribution in [0.3, 0.4) is 0 Å². The Labute approximate surface area is 275 Å². The SMILES string of the molecule is CC(C)C[C@H]1C(=O)NC(C2CCCCC2)C(=O)N[C@@H](CN)C(=O)N[C@@H]([C@H](C)O)C(=O)NCCN(CCC(C)(C)C)[C@@H](C)C(=O)N1C. The van der Waals surface area contributed by atoms with Crippen molar-refractivity contribution >= 4 is 29.5 Å². The van der Waals surface area contributed by atoms with Crippen LogP contribution < -0.4 is 27.0 Å². The Morgan fingerprint density at radius 2 is 1.54 bits per heavy atom. The fourth-order valence-electron chi connectivity index (χ4n) is 6.17. The highest BCUT2D eigenvalue weighted by Crippen LogP contribution is 2.27. The number of hydrogen-bond acceptors (Lipinski definition) is 8. The average Bonchev–Trinajstić information content (AvgIpc) is 2.99. The number of hydrogen-bond donors (Lipinski definition) is 6. The van der Waals surface area contributed by atoms with Gasteiger partial charge < -0.3 is 37.0 Å². The van der Waals surface area contributed by atoms with E-state index in [4.69, 9.17) is 5.73 Å². The van der Waals surface area contributed by atoms with Gasteiger partial charge in [0.05, 0.1) is 12.1 Å². The Hall–Kier alpha value is -2.77. The summed E-state index contributed by atoms with van der Waals surface area (Å²) >= 11 is 0. The Balaban J connectivity index is 2.56. The number of carbonyl (C=O) groups is 5. The van der Waals surface area contributed by atoms with E-state index in [1.54, 1.807) is 14.0 Å². The molecule has 2 rings (SSSR count). The van der Waals surface area contributed by atoms with Gasteiger partial charge in [-0.3, -0.25) is 28.9 Å². The fourth-order valence-corrected chi connectivity index (χ4v) is 6.17. The van der Waals surface area contributed by atoms with Gasteiger partial charge in [-0.15, -0.1) is 0 Å². The van der Waals surface area contributed by atoms with E-state index in [0.29, 0.717) is 19.5 Å². The molecule has 1 unspecified atom stereocenters. The summed E-state index contributed by atoms with van der Waals surface area (Å²) in [5.74, 6) is -2.59. The van der Waals surface area contributed by atoms with Gasteiger partial charge in [-0.1, -0.05) is 53.9 Å². The van der Waals surface area contributed by atoms with E-state index in [1.165, 1.54) is 11.8 Å². The van der Waals surface area contributed by atoms with Crippen molar-refractivity contribution in [1.82, 2.24) is 31.1 Å². The quantitative estimate of drug-likeness (QED) is 0.230. The highest BCUT2D eigenvalue weighted by atomic mass is 16.3. The summed E-state index contributed by atoms with van der Waals surface area (Å²) in [5, 5.41) is 21.4. The Morgan fingerprint density at radius 3 is 2.09 bits per heavy atom. The van der Waals surface area contributed by atoms with Gasteiger partial charge in [-0.05, 0) is 63.3 Å². The Kier molecular flexibility index (Phi) is 15.4. The number of nitrogens with zero attached hydrogens (tertiary/aromatic N) is 2. The van der Waals surface area contributed by atoms with Crippen molar-refractivity contribution < 1.29 is 29.1 Å². The topological polar surface area (TPSA) is 186 Å². The van der Waals surface area contributed by atoms with E-state index in [0.717, 1.165) is 38.5 Å². The maximum Gasteiger partial charge on any atom is 0.245 e. The van der Waals surface area contributed by atoms with Crippen molar-refractivity contribution in [3.05, 3.63) is 0 Å². The maximum absolute atomic E-state index is 14.0. The van der Waals surface area contributed by atoms with Crippen molar-refractivity contribution in [3.8, 4) is 0 Å². The van der Waals surface area contributed by atoms with Crippen LogP contribution in [0, 0.1) is 17.3 Å². The summed E-state index contributed by atoms with van der Waals surface area (Å²) in [6.07, 6.45) is 4.25. The number of carbonyl (C=O) groups excluding carboxylic acids is 5. The molecule has 0 spiro atoms. The molecule has 264 valence electrons. The molecule has 1 saturated carbocycles. The number of nitrogens with two attached hydrogens (primary N) is 1. The van der Waals surface area contributed by atoms with Gasteiger partial charge in [0.2, 0.25) is 29.5 Å². The first-order valence-corrected chi connectivity index (χ1v) is 17.0. The number of aliphatic hydroxyl groups excluding tert-OH is 1. The molecule has 0 bridgehead atoms. The third-order valence-electron chi connectivity index (χ3n) is 9.20. The minimum atomic E-state index is -1.30. The number of aliphatic hydroxyl groups is 1. The largest absolute Gasteiger partial charge is 0.391 e. The lowest BCUT2D eigenvalue weighted by molar-refractivity contribution is -0.144. The third-order valence-corrected chi connectivity index (χ3v) is 9.20. The summed E-state index contributed by atoms with van der Waals surface area (Å²) in [4.78, 5) is 71.8. The van der Waals surface area contributed by atoms with Gasteiger partial charge in [0.25, 0.3) is 0 Å². The van der Waals surface area contributed by atoms with Gasteiger partial charge in [0.1, 0.15) is 24.2 Å². The molecule has 0 aromatic carbocycles. The molecule has 5 amide bonds. The molecule has 2 fully saturated rings. The van der Waals surface area contributed by atoms with Gasteiger partial charge in [0.15, 0.2) is 0 Å². The van der Waals surface area contributed by atoms with Crippen LogP contribution in [0.2, 0.25) is 0 Å². The molecule has 1 aliphatic carbocycles. The van der Waals surface area contributed by atoms with Crippen molar-refractivity contribution in [2.75, 3.05) is 33.2 Å². The number of nitrogens with one attached hydrogen (secondary N) is 4. The highest BCUT2D eigenvalue weighted by Gasteiger charge is 2.38. The van der Waals surface area contributed by atoms with Crippen LogP contribution >= 0.6 is 0 Å². The molecule has 2 aliphatic rings. The highest BCUT2D eigenvalue weighted by molar-refractivity contribution is 5.96. The molecule has 1 heterocycles. The second-order valence-electron chi connectivity index (χ2n) is 14.8. The Bertz CT molecular complexity index is 1040. The first-order chi connectivity index (χ1) is 21.5. The number of likely N-dealkylation sites (N-methyl/N-ethyl adjacent to an activating group) is 1. The second kappa shape index (κ2) is 18.0. The van der Waals surface area contributed by atoms with Gasteiger partial charge in [-0.25, -0.2) is 0 Å². The van der Waals surface area contributed by atoms with Crippen molar-refractivity contribution in [2.45, 2.75) is 130 Å². The zero-order chi connectivity index (χ0) is 34.8. The van der Waals surface area contributed by atoms with Gasteiger partial charge in [-0.2, -0.15) is 0 Å². The van der Waals surface area contributed by atoms with E-state index in [9.17, 15) is 29.1 Å². The molecule has 6 atom stereocenters. The summed E-state index contributed by atoms with van der Waals surface area (Å²) in [6, 6.07) is -4.87. The first-order valence-electron chi connectivity index (χ1n) is 17.0. The van der Waals surface area contributed by atoms with Crippen LogP contribution in [0.1, 0.15) is 93.4 Å². The van der Waals surface area contributed by atoms with Crippen LogP contribution in [-0.4, -0.2) is 114 Å². The van der Waals surface area contributed by atoms with E-state index in [1.807, 2.05) is 18.7 Å². The van der Waals surface area contributed by atoms with Crippen LogP contribution in [0.15, 0.2) is 0 Å². The van der Waals surface area contributed by atoms with Gasteiger partial charge >= 0.3 is 0 Å². The van der Waals surface area contributed by atoms with Crippen molar-refractivity contribution in [1.29, 1.82) is 0 Å². The fraction of sp³-hybridized carbons (Fsp3) is 0.848. The van der Waals surface area contributed by atoms with Crippen LogP contribution in [0.5, 0.6) is 0 Å². The Morgan fingerprint density at radius 1 is 0.913 bits per heavy atom. The van der Waals surface area contributed by atoms with E-state index < -0.39 is 59.9 Å². The van der Waals surface area contributed by atoms with Crippen LogP contribution in [0.25, 0.3) is 0 Å². The zero-order valence-corrected chi connectivity index (χ0v) is 29.4. The van der Waals surface area contributed by atoms with Gasteiger partial charge in [0, 0.05) is 26.7 Å². The molecule has 13 heteroatoms. The van der Waals surface area contributed by atoms with E-state index in [2.05, 4.69) is 42.0 Å². The van der Waals surface area contributed by atoms with Crippen LogP contribution in [0.4, 0.5) is 0 Å². The molecule has 13 nitrogen and oxygen atoms in total. The predicted octanol–water partition coefficient (Wildman–Crippen LogP) is 0.490. The molecule has 46 heavy (non-hydrogen) atoms. The number of rotatable bonds is 7. The summed E-state index contributed by atoms with van der Waals surface area (Å²) < 4.78 is 0.